The first-order valence-corrected chi connectivity index (χ1v) is 8.91. The molecule has 0 aliphatic rings. The molecular weight excluding hydrogens is 308 g/mol. The third-order valence-electron chi connectivity index (χ3n) is 4.57. The second-order valence-corrected chi connectivity index (χ2v) is 8.04. The summed E-state index contributed by atoms with van der Waals surface area (Å²) in [4.78, 5) is 11.2. The van der Waals surface area contributed by atoms with Gasteiger partial charge in [0.05, 0.1) is 0 Å². The first-order valence-electron chi connectivity index (χ1n) is 8.91. The maximum atomic E-state index is 11.2. The fraction of sp³-hybridized carbons (Fsp3) is 0.409. The van der Waals surface area contributed by atoms with Crippen LogP contribution in [-0.4, -0.2) is 5.91 Å². The van der Waals surface area contributed by atoms with Crippen molar-refractivity contribution in [3.05, 3.63) is 70.8 Å². The molecule has 2 aromatic rings. The first kappa shape index (κ1) is 19.2. The van der Waals surface area contributed by atoms with Crippen LogP contribution in [0, 0.1) is 5.92 Å². The molecule has 0 radical (unpaired) electrons. The van der Waals surface area contributed by atoms with Crippen LogP contribution >= 0.6 is 0 Å². The Hall–Kier alpha value is -2.13. The number of nitrogens with one attached hydrogen (secondary N) is 1. The number of primary amides is 1. The summed E-state index contributed by atoms with van der Waals surface area (Å²) < 4.78 is 0. The minimum absolute atomic E-state index is 0.168. The van der Waals surface area contributed by atoms with Gasteiger partial charge in [0.2, 0.25) is 5.91 Å². The highest BCUT2D eigenvalue weighted by Crippen LogP contribution is 2.27. The number of carbonyl (C=O) groups excluding carboxylic acids is 1. The van der Waals surface area contributed by atoms with E-state index in [2.05, 4.69) is 64.2 Å². The Balaban J connectivity index is 2.09. The third-order valence-corrected chi connectivity index (χ3v) is 4.57. The van der Waals surface area contributed by atoms with Gasteiger partial charge in [-0.1, -0.05) is 71.0 Å². The van der Waals surface area contributed by atoms with Gasteiger partial charge in [-0.05, 0) is 40.2 Å². The van der Waals surface area contributed by atoms with Crippen LogP contribution in [0.5, 0.6) is 0 Å². The first-order chi connectivity index (χ1) is 11.7. The summed E-state index contributed by atoms with van der Waals surface area (Å²) >= 11 is 0. The predicted molar refractivity (Wildman–Crippen MR) is 105 cm³/mol. The lowest BCUT2D eigenvalue weighted by Crippen LogP contribution is -2.25. The standard InChI is InChI=1S/C22H30N2O/c1-15(2)20(17-10-12-19(13-11-17)22(3,4)5)24-14-16-6-8-18(9-7-16)21(23)25/h6-13,15,20,24H,14H2,1-5H3,(H2,23,25). The molecule has 0 aliphatic carbocycles. The minimum atomic E-state index is -0.390. The van der Waals surface area contributed by atoms with Crippen molar-refractivity contribution in [3.8, 4) is 0 Å². The molecule has 3 heteroatoms. The van der Waals surface area contributed by atoms with Crippen LogP contribution in [0.2, 0.25) is 0 Å². The molecule has 134 valence electrons. The lowest BCUT2D eigenvalue weighted by Gasteiger charge is -2.25. The van der Waals surface area contributed by atoms with Gasteiger partial charge < -0.3 is 11.1 Å². The molecule has 2 aromatic carbocycles. The topological polar surface area (TPSA) is 55.1 Å². The van der Waals surface area contributed by atoms with E-state index >= 15 is 0 Å². The molecule has 3 N–H and O–H groups in total. The van der Waals surface area contributed by atoms with Crippen molar-refractivity contribution in [3.63, 3.8) is 0 Å². The van der Waals surface area contributed by atoms with E-state index in [-0.39, 0.29) is 11.5 Å². The number of nitrogens with two attached hydrogens (primary N) is 1. The predicted octanol–water partition coefficient (Wildman–Crippen LogP) is 4.57. The number of hydrogen-bond donors (Lipinski definition) is 2. The van der Waals surface area contributed by atoms with E-state index in [1.54, 1.807) is 12.1 Å². The van der Waals surface area contributed by atoms with Crippen molar-refractivity contribution >= 4 is 5.91 Å². The zero-order valence-corrected chi connectivity index (χ0v) is 16.0. The van der Waals surface area contributed by atoms with Gasteiger partial charge in [-0.3, -0.25) is 4.79 Å². The number of amides is 1. The molecule has 0 spiro atoms. The van der Waals surface area contributed by atoms with E-state index in [0.717, 1.165) is 12.1 Å². The monoisotopic (exact) mass is 338 g/mol. The molecule has 1 atom stereocenters. The van der Waals surface area contributed by atoms with Crippen molar-refractivity contribution in [2.24, 2.45) is 11.7 Å². The Kier molecular flexibility index (Phi) is 6.02. The van der Waals surface area contributed by atoms with Crippen LogP contribution < -0.4 is 11.1 Å². The summed E-state index contributed by atoms with van der Waals surface area (Å²) in [7, 11) is 0. The Morgan fingerprint density at radius 1 is 1.00 bits per heavy atom. The molecule has 0 bridgehead atoms. The van der Waals surface area contributed by atoms with Crippen molar-refractivity contribution in [2.45, 2.75) is 52.6 Å². The summed E-state index contributed by atoms with van der Waals surface area (Å²) in [5.41, 5.74) is 9.79. The molecule has 1 unspecified atom stereocenters. The van der Waals surface area contributed by atoms with Gasteiger partial charge in [-0.15, -0.1) is 0 Å². The zero-order valence-electron chi connectivity index (χ0n) is 16.0. The second kappa shape index (κ2) is 7.83. The van der Waals surface area contributed by atoms with Crippen molar-refractivity contribution in [1.29, 1.82) is 0 Å². The molecule has 3 nitrogen and oxygen atoms in total. The Morgan fingerprint density at radius 3 is 2.00 bits per heavy atom. The van der Waals surface area contributed by atoms with E-state index in [0.29, 0.717) is 11.5 Å². The van der Waals surface area contributed by atoms with E-state index < -0.39 is 5.91 Å². The van der Waals surface area contributed by atoms with Crippen molar-refractivity contribution in [1.82, 2.24) is 5.32 Å². The highest BCUT2D eigenvalue weighted by molar-refractivity contribution is 5.92. The quantitative estimate of drug-likeness (QED) is 0.810. The fourth-order valence-electron chi connectivity index (χ4n) is 2.94. The molecule has 0 fully saturated rings. The maximum absolute atomic E-state index is 11.2. The van der Waals surface area contributed by atoms with Crippen LogP contribution in [0.1, 0.15) is 67.7 Å². The van der Waals surface area contributed by atoms with E-state index in [9.17, 15) is 4.79 Å². The molecule has 0 aromatic heterocycles. The average molecular weight is 338 g/mol. The van der Waals surface area contributed by atoms with Crippen molar-refractivity contribution in [2.75, 3.05) is 0 Å². The highest BCUT2D eigenvalue weighted by Gasteiger charge is 2.18. The second-order valence-electron chi connectivity index (χ2n) is 8.04. The largest absolute Gasteiger partial charge is 0.366 e. The number of benzene rings is 2. The minimum Gasteiger partial charge on any atom is -0.366 e. The van der Waals surface area contributed by atoms with Gasteiger partial charge in [0.15, 0.2) is 0 Å². The number of rotatable bonds is 6. The number of carbonyl (C=O) groups is 1. The van der Waals surface area contributed by atoms with Crippen LogP contribution in [0.4, 0.5) is 0 Å². The van der Waals surface area contributed by atoms with Crippen LogP contribution in [0.3, 0.4) is 0 Å². The molecular formula is C22H30N2O. The lowest BCUT2D eigenvalue weighted by atomic mass is 9.85. The fourth-order valence-corrected chi connectivity index (χ4v) is 2.94. The smallest absolute Gasteiger partial charge is 0.248 e. The molecule has 0 aliphatic heterocycles. The van der Waals surface area contributed by atoms with Crippen molar-refractivity contribution < 1.29 is 4.79 Å². The molecule has 0 saturated carbocycles. The molecule has 1 amide bonds. The Bertz CT molecular complexity index is 694. The summed E-state index contributed by atoms with van der Waals surface area (Å²) in [6.07, 6.45) is 0. The average Bonchev–Trinajstić information content (AvgIpc) is 2.55. The van der Waals surface area contributed by atoms with Gasteiger partial charge in [-0.25, -0.2) is 0 Å². The number of hydrogen-bond acceptors (Lipinski definition) is 2. The summed E-state index contributed by atoms with van der Waals surface area (Å²) in [5.74, 6) is 0.0869. The Morgan fingerprint density at radius 2 is 1.56 bits per heavy atom. The molecule has 0 heterocycles. The highest BCUT2D eigenvalue weighted by atomic mass is 16.1. The Labute approximate surface area is 151 Å². The van der Waals surface area contributed by atoms with Gasteiger partial charge in [0.25, 0.3) is 0 Å². The SMILES string of the molecule is CC(C)C(NCc1ccc(C(N)=O)cc1)c1ccc(C(C)(C)C)cc1. The van der Waals surface area contributed by atoms with E-state index in [4.69, 9.17) is 5.73 Å². The van der Waals surface area contributed by atoms with Gasteiger partial charge in [-0.2, -0.15) is 0 Å². The molecule has 25 heavy (non-hydrogen) atoms. The molecule has 2 rings (SSSR count). The lowest BCUT2D eigenvalue weighted by molar-refractivity contribution is 0.100. The van der Waals surface area contributed by atoms with Gasteiger partial charge in [0.1, 0.15) is 0 Å². The van der Waals surface area contributed by atoms with Crippen LogP contribution in [0.15, 0.2) is 48.5 Å². The maximum Gasteiger partial charge on any atom is 0.248 e. The van der Waals surface area contributed by atoms with Crippen LogP contribution in [-0.2, 0) is 12.0 Å². The normalized spacial score (nSPS) is 13.0. The summed E-state index contributed by atoms with van der Waals surface area (Å²) in [5, 5.41) is 3.64. The molecule has 0 saturated heterocycles. The van der Waals surface area contributed by atoms with E-state index in [1.807, 2.05) is 12.1 Å². The zero-order chi connectivity index (χ0) is 18.6. The van der Waals surface area contributed by atoms with E-state index in [1.165, 1.54) is 11.1 Å². The summed E-state index contributed by atoms with van der Waals surface area (Å²) in [6.45, 7) is 11.9. The summed E-state index contributed by atoms with van der Waals surface area (Å²) in [6, 6.07) is 16.7. The van der Waals surface area contributed by atoms with Gasteiger partial charge in [0, 0.05) is 18.2 Å². The van der Waals surface area contributed by atoms with Crippen LogP contribution in [0.25, 0.3) is 0 Å². The third kappa shape index (κ3) is 5.17. The van der Waals surface area contributed by atoms with Gasteiger partial charge >= 0.3 is 0 Å².